The van der Waals surface area contributed by atoms with Crippen LogP contribution in [-0.4, -0.2) is 60.3 Å². The lowest BCUT2D eigenvalue weighted by Crippen LogP contribution is -2.50. The Morgan fingerprint density at radius 3 is 3.06 bits per heavy atom. The van der Waals surface area contributed by atoms with Crippen molar-refractivity contribution < 1.29 is 4.79 Å². The molecule has 0 saturated carbocycles. The van der Waals surface area contributed by atoms with Crippen molar-refractivity contribution >= 4 is 17.1 Å². The van der Waals surface area contributed by atoms with Crippen molar-refractivity contribution in [3.63, 3.8) is 0 Å². The molecule has 1 unspecified atom stereocenters. The molecule has 1 aromatic heterocycles. The minimum absolute atomic E-state index is 0.321. The number of likely N-dealkylation sites (N-methyl/N-ethyl adjacent to an activating group) is 2. The Bertz CT molecular complexity index is 366. The Morgan fingerprint density at radius 2 is 2.35 bits per heavy atom. The van der Waals surface area contributed by atoms with E-state index in [2.05, 4.69) is 28.9 Å². The van der Waals surface area contributed by atoms with Crippen molar-refractivity contribution in [2.24, 2.45) is 0 Å². The van der Waals surface area contributed by atoms with Gasteiger partial charge < -0.3 is 9.80 Å². The zero-order valence-corrected chi connectivity index (χ0v) is 11.2. The number of hydrogen-bond acceptors (Lipinski definition) is 5. The molecular weight excluding hydrogens is 234 g/mol. The average Bonchev–Trinajstić information content (AvgIpc) is 2.76. The van der Waals surface area contributed by atoms with Gasteiger partial charge in [-0.2, -0.15) is 0 Å². The summed E-state index contributed by atoms with van der Waals surface area (Å²) in [6.07, 6.45) is 2.98. The minimum Gasteiger partial charge on any atom is -0.304 e. The van der Waals surface area contributed by atoms with Crippen LogP contribution in [0.15, 0.2) is 11.7 Å². The fraction of sp³-hybridized carbons (Fsp3) is 0.667. The molecule has 1 aromatic rings. The largest absolute Gasteiger partial charge is 0.304 e. The Labute approximate surface area is 106 Å². The number of thiazole rings is 1. The third-order valence-electron chi connectivity index (χ3n) is 3.30. The summed E-state index contributed by atoms with van der Waals surface area (Å²) < 4.78 is 0. The molecule has 0 aromatic carbocycles. The highest BCUT2D eigenvalue weighted by Crippen LogP contribution is 2.13. The van der Waals surface area contributed by atoms with Crippen LogP contribution in [0.1, 0.15) is 11.3 Å². The zero-order valence-electron chi connectivity index (χ0n) is 10.4. The molecular formula is C12H19N3OS. The first-order valence-electron chi connectivity index (χ1n) is 5.93. The van der Waals surface area contributed by atoms with Crippen LogP contribution in [0.2, 0.25) is 0 Å². The first-order valence-corrected chi connectivity index (χ1v) is 6.81. The fourth-order valence-electron chi connectivity index (χ4n) is 2.18. The lowest BCUT2D eigenvalue weighted by atomic mass is 10.0. The molecule has 1 saturated heterocycles. The first kappa shape index (κ1) is 12.7. The molecule has 94 valence electrons. The lowest BCUT2D eigenvalue weighted by molar-refractivity contribution is -0.120. The third-order valence-corrected chi connectivity index (χ3v) is 4.08. The van der Waals surface area contributed by atoms with Crippen LogP contribution < -0.4 is 0 Å². The number of piperazine rings is 1. The van der Waals surface area contributed by atoms with Crippen LogP contribution >= 0.6 is 11.3 Å². The number of carbonyl (C=O) groups excluding carboxylic acids is 1. The molecule has 0 bridgehead atoms. The van der Waals surface area contributed by atoms with E-state index in [-0.39, 0.29) is 0 Å². The van der Waals surface area contributed by atoms with Gasteiger partial charge in [0.25, 0.3) is 0 Å². The molecule has 2 heterocycles. The molecule has 0 spiro atoms. The molecule has 1 atom stereocenters. The molecule has 4 nitrogen and oxygen atoms in total. The average molecular weight is 253 g/mol. The second-order valence-electron chi connectivity index (χ2n) is 4.78. The van der Waals surface area contributed by atoms with E-state index < -0.39 is 0 Å². The summed E-state index contributed by atoms with van der Waals surface area (Å²) in [5, 5.41) is 0. The van der Waals surface area contributed by atoms with Gasteiger partial charge in [-0.1, -0.05) is 0 Å². The topological polar surface area (TPSA) is 36.4 Å². The molecule has 0 aliphatic carbocycles. The molecule has 0 amide bonds. The van der Waals surface area contributed by atoms with Crippen molar-refractivity contribution in [3.05, 3.63) is 16.6 Å². The quantitative estimate of drug-likeness (QED) is 0.798. The molecule has 2 rings (SSSR count). The van der Waals surface area contributed by atoms with Gasteiger partial charge in [0.15, 0.2) is 0 Å². The molecule has 5 heteroatoms. The fourth-order valence-corrected chi connectivity index (χ4v) is 2.80. The standard InChI is InChI=1S/C12H19N3OS/c1-14-3-4-15(2)10(8-14)5-11(16)6-12-7-13-9-17-12/h7,9-10H,3-6,8H2,1-2H3. The normalized spacial score (nSPS) is 22.8. The minimum atomic E-state index is 0.321. The number of rotatable bonds is 4. The molecule has 1 aliphatic heterocycles. The van der Waals surface area contributed by atoms with Crippen molar-refractivity contribution in [2.45, 2.75) is 18.9 Å². The summed E-state index contributed by atoms with van der Waals surface area (Å²) in [5.74, 6) is 0.321. The highest BCUT2D eigenvalue weighted by atomic mass is 32.1. The van der Waals surface area contributed by atoms with Gasteiger partial charge >= 0.3 is 0 Å². The summed E-state index contributed by atoms with van der Waals surface area (Å²) in [6.45, 7) is 3.13. The van der Waals surface area contributed by atoms with E-state index in [1.807, 2.05) is 0 Å². The van der Waals surface area contributed by atoms with Crippen LogP contribution in [0.5, 0.6) is 0 Å². The highest BCUT2D eigenvalue weighted by Gasteiger charge is 2.24. The summed E-state index contributed by atoms with van der Waals surface area (Å²) in [4.78, 5) is 21.6. The van der Waals surface area contributed by atoms with Gasteiger partial charge in [-0.05, 0) is 14.1 Å². The van der Waals surface area contributed by atoms with Gasteiger partial charge in [0.05, 0.1) is 5.51 Å². The second kappa shape index (κ2) is 5.71. The van der Waals surface area contributed by atoms with Crippen LogP contribution in [0.25, 0.3) is 0 Å². The number of hydrogen-bond donors (Lipinski definition) is 0. The van der Waals surface area contributed by atoms with Gasteiger partial charge in [0.1, 0.15) is 5.78 Å². The van der Waals surface area contributed by atoms with Gasteiger partial charge in [0.2, 0.25) is 0 Å². The van der Waals surface area contributed by atoms with Crippen molar-refractivity contribution in [2.75, 3.05) is 33.7 Å². The number of carbonyl (C=O) groups is 1. The van der Waals surface area contributed by atoms with Crippen molar-refractivity contribution in [1.82, 2.24) is 14.8 Å². The third kappa shape index (κ3) is 3.59. The summed E-state index contributed by atoms with van der Waals surface area (Å²) in [7, 11) is 4.23. The number of Topliss-reactive ketones (excluding diaryl/α,β-unsaturated/α-hetero) is 1. The Balaban J connectivity index is 1.85. The van der Waals surface area contributed by atoms with E-state index >= 15 is 0 Å². The number of nitrogens with zero attached hydrogens (tertiary/aromatic N) is 3. The Kier molecular flexibility index (Phi) is 4.25. The zero-order chi connectivity index (χ0) is 12.3. The SMILES string of the molecule is CN1CCN(C)C(CC(=O)Cc2cncs2)C1. The summed E-state index contributed by atoms with van der Waals surface area (Å²) >= 11 is 1.56. The number of aromatic nitrogens is 1. The second-order valence-corrected chi connectivity index (χ2v) is 5.75. The van der Waals surface area contributed by atoms with Crippen molar-refractivity contribution in [1.29, 1.82) is 0 Å². The van der Waals surface area contributed by atoms with Crippen LogP contribution in [0, 0.1) is 0 Å². The molecule has 17 heavy (non-hydrogen) atoms. The van der Waals surface area contributed by atoms with Gasteiger partial charge in [-0.3, -0.25) is 9.78 Å². The van der Waals surface area contributed by atoms with Gasteiger partial charge in [-0.15, -0.1) is 11.3 Å². The highest BCUT2D eigenvalue weighted by molar-refractivity contribution is 7.09. The van der Waals surface area contributed by atoms with Crippen LogP contribution in [0.4, 0.5) is 0 Å². The monoisotopic (exact) mass is 253 g/mol. The van der Waals surface area contributed by atoms with E-state index in [1.165, 1.54) is 0 Å². The predicted octanol–water partition coefficient (Wildman–Crippen LogP) is 0.891. The maximum absolute atomic E-state index is 12.0. The first-order chi connectivity index (χ1) is 8.15. The van der Waals surface area contributed by atoms with E-state index in [1.54, 1.807) is 23.0 Å². The Hall–Kier alpha value is -0.780. The van der Waals surface area contributed by atoms with Crippen molar-refractivity contribution in [3.8, 4) is 0 Å². The smallest absolute Gasteiger partial charge is 0.139 e. The van der Waals surface area contributed by atoms with E-state index in [0.29, 0.717) is 24.7 Å². The summed E-state index contributed by atoms with van der Waals surface area (Å²) in [6, 6.07) is 0.370. The number of ketones is 1. The summed E-state index contributed by atoms with van der Waals surface area (Å²) in [5.41, 5.74) is 1.78. The molecule has 1 fully saturated rings. The van der Waals surface area contributed by atoms with Crippen LogP contribution in [0.3, 0.4) is 0 Å². The van der Waals surface area contributed by atoms with E-state index in [4.69, 9.17) is 0 Å². The Morgan fingerprint density at radius 1 is 1.53 bits per heavy atom. The van der Waals surface area contributed by atoms with E-state index in [0.717, 1.165) is 24.5 Å². The van der Waals surface area contributed by atoms with Crippen LogP contribution in [-0.2, 0) is 11.2 Å². The van der Waals surface area contributed by atoms with Gasteiger partial charge in [0, 0.05) is 49.6 Å². The lowest BCUT2D eigenvalue weighted by Gasteiger charge is -2.37. The van der Waals surface area contributed by atoms with Gasteiger partial charge in [-0.25, -0.2) is 0 Å². The molecule has 0 radical (unpaired) electrons. The molecule has 0 N–H and O–H groups in total. The molecule has 1 aliphatic rings. The van der Waals surface area contributed by atoms with E-state index in [9.17, 15) is 4.79 Å². The maximum atomic E-state index is 12.0. The predicted molar refractivity (Wildman–Crippen MR) is 69.4 cm³/mol. The maximum Gasteiger partial charge on any atom is 0.139 e.